The molecule has 29 heavy (non-hydrogen) atoms. The molecule has 0 aliphatic carbocycles. The van der Waals surface area contributed by atoms with Crippen molar-refractivity contribution in [3.05, 3.63) is 60.0 Å². The van der Waals surface area contributed by atoms with Gasteiger partial charge in [0.25, 0.3) is 0 Å². The summed E-state index contributed by atoms with van der Waals surface area (Å²) in [4.78, 5) is 26.7. The predicted octanol–water partition coefficient (Wildman–Crippen LogP) is 2.43. The minimum atomic E-state index is -0.483. The van der Waals surface area contributed by atoms with Crippen molar-refractivity contribution < 1.29 is 14.3 Å². The fourth-order valence-corrected chi connectivity index (χ4v) is 3.47. The molecule has 4 rings (SSSR count). The highest BCUT2D eigenvalue weighted by Gasteiger charge is 2.29. The van der Waals surface area contributed by atoms with E-state index in [9.17, 15) is 9.59 Å². The summed E-state index contributed by atoms with van der Waals surface area (Å²) in [6.45, 7) is 1.68. The number of para-hydroxylation sites is 4. The second-order valence-corrected chi connectivity index (χ2v) is 6.88. The molecular formula is C21H23N5O3. The number of fused-ring (bicyclic) bond motifs is 2. The topological polar surface area (TPSA) is 109 Å². The number of esters is 1. The van der Waals surface area contributed by atoms with Crippen molar-refractivity contribution in [3.63, 3.8) is 0 Å². The van der Waals surface area contributed by atoms with Crippen LogP contribution in [-0.4, -0.2) is 31.1 Å². The number of ether oxygens (including phenoxy) is 1. The Morgan fingerprint density at radius 2 is 1.66 bits per heavy atom. The number of rotatable bonds is 6. The van der Waals surface area contributed by atoms with Crippen LogP contribution < -0.4 is 26.6 Å². The summed E-state index contributed by atoms with van der Waals surface area (Å²) in [6, 6.07) is 15.3. The summed E-state index contributed by atoms with van der Waals surface area (Å²) < 4.78 is 5.20. The van der Waals surface area contributed by atoms with Crippen molar-refractivity contribution in [3.8, 4) is 0 Å². The van der Waals surface area contributed by atoms with Crippen LogP contribution in [0.1, 0.15) is 13.3 Å². The van der Waals surface area contributed by atoms with E-state index in [0.29, 0.717) is 5.82 Å². The van der Waals surface area contributed by atoms with Crippen molar-refractivity contribution in [1.82, 2.24) is 0 Å². The van der Waals surface area contributed by atoms with Gasteiger partial charge in [-0.2, -0.15) is 0 Å². The first-order chi connectivity index (χ1) is 14.1. The Balaban J connectivity index is 1.35. The van der Waals surface area contributed by atoms with Gasteiger partial charge in [-0.1, -0.05) is 31.2 Å². The van der Waals surface area contributed by atoms with E-state index < -0.39 is 18.4 Å². The molecule has 0 amide bonds. The third-order valence-electron chi connectivity index (χ3n) is 4.98. The quantitative estimate of drug-likeness (QED) is 0.438. The highest BCUT2D eigenvalue weighted by molar-refractivity contribution is 5.99. The van der Waals surface area contributed by atoms with Crippen LogP contribution in [0.4, 0.5) is 22.7 Å². The molecule has 2 aliphatic heterocycles. The van der Waals surface area contributed by atoms with Crippen LogP contribution in [-0.2, 0) is 14.3 Å². The molecule has 8 heteroatoms. The number of nitrogens with zero attached hydrogens (tertiary/aromatic N) is 1. The molecular weight excluding hydrogens is 370 g/mol. The summed E-state index contributed by atoms with van der Waals surface area (Å²) in [5.74, 6) is -0.548. The molecule has 1 unspecified atom stereocenters. The molecule has 0 fully saturated rings. The van der Waals surface area contributed by atoms with Gasteiger partial charge in [-0.3, -0.25) is 9.59 Å². The second-order valence-electron chi connectivity index (χ2n) is 6.88. The molecule has 2 aliphatic rings. The summed E-state index contributed by atoms with van der Waals surface area (Å²) in [5.41, 5.74) is 9.54. The lowest BCUT2D eigenvalue weighted by atomic mass is 10.2. The fourth-order valence-electron chi connectivity index (χ4n) is 3.47. The molecule has 0 bridgehead atoms. The molecule has 5 N–H and O–H groups in total. The number of nitrogens with one attached hydrogen (secondary N) is 3. The van der Waals surface area contributed by atoms with Crippen LogP contribution >= 0.6 is 0 Å². The van der Waals surface area contributed by atoms with Crippen LogP contribution in [0, 0.1) is 0 Å². The first-order valence-electron chi connectivity index (χ1n) is 9.50. The van der Waals surface area contributed by atoms with Gasteiger partial charge in [-0.05, 0) is 30.7 Å². The maximum absolute atomic E-state index is 12.4. The largest absolute Gasteiger partial charge is 0.456 e. The van der Waals surface area contributed by atoms with Crippen LogP contribution in [0.15, 0.2) is 60.0 Å². The highest BCUT2D eigenvalue weighted by Crippen LogP contribution is 2.35. The van der Waals surface area contributed by atoms with Gasteiger partial charge < -0.3 is 31.3 Å². The Labute approximate surface area is 168 Å². The lowest BCUT2D eigenvalue weighted by molar-refractivity contribution is -0.145. The van der Waals surface area contributed by atoms with Crippen molar-refractivity contribution in [2.75, 3.05) is 34.0 Å². The minimum absolute atomic E-state index is 0.00591. The minimum Gasteiger partial charge on any atom is -0.456 e. The lowest BCUT2D eigenvalue weighted by Gasteiger charge is -2.24. The number of ketones is 1. The van der Waals surface area contributed by atoms with E-state index in [1.54, 1.807) is 0 Å². The first-order valence-corrected chi connectivity index (χ1v) is 9.50. The maximum atomic E-state index is 12.4. The lowest BCUT2D eigenvalue weighted by Crippen LogP contribution is -2.40. The fraction of sp³-hybridized carbons (Fsp3) is 0.238. The SMILES string of the molecule is CCC1Nc2ccccc2N1CC(=O)OCC(=O)C(N)=C1Nc2ccccc2N1. The van der Waals surface area contributed by atoms with Gasteiger partial charge in [0.15, 0.2) is 6.61 Å². The van der Waals surface area contributed by atoms with Crippen LogP contribution in [0.25, 0.3) is 0 Å². The highest BCUT2D eigenvalue weighted by atomic mass is 16.5. The third-order valence-corrected chi connectivity index (χ3v) is 4.98. The Kier molecular flexibility index (Phi) is 4.99. The number of hydrogen-bond acceptors (Lipinski definition) is 8. The van der Waals surface area contributed by atoms with Crippen molar-refractivity contribution >= 4 is 34.5 Å². The summed E-state index contributed by atoms with van der Waals surface area (Å²) in [7, 11) is 0. The average Bonchev–Trinajstić information content (AvgIpc) is 3.33. The molecule has 150 valence electrons. The van der Waals surface area contributed by atoms with Gasteiger partial charge in [0.1, 0.15) is 18.1 Å². The molecule has 2 aromatic rings. The van der Waals surface area contributed by atoms with Gasteiger partial charge in [0.2, 0.25) is 5.78 Å². The van der Waals surface area contributed by atoms with Gasteiger partial charge in [-0.25, -0.2) is 0 Å². The zero-order chi connectivity index (χ0) is 20.4. The molecule has 0 saturated heterocycles. The van der Waals surface area contributed by atoms with E-state index in [4.69, 9.17) is 10.5 Å². The molecule has 0 radical (unpaired) electrons. The second kappa shape index (κ2) is 7.75. The van der Waals surface area contributed by atoms with Crippen molar-refractivity contribution in [1.29, 1.82) is 0 Å². The van der Waals surface area contributed by atoms with Gasteiger partial charge in [0, 0.05) is 0 Å². The molecule has 0 aromatic heterocycles. The number of nitrogens with two attached hydrogens (primary N) is 1. The van der Waals surface area contributed by atoms with E-state index in [1.807, 2.05) is 60.4 Å². The molecule has 2 aromatic carbocycles. The summed E-state index contributed by atoms with van der Waals surface area (Å²) in [6.07, 6.45) is 0.825. The van der Waals surface area contributed by atoms with Crippen LogP contribution in [0.5, 0.6) is 0 Å². The number of Topliss-reactive ketones (excluding diaryl/α,β-unsaturated/α-hetero) is 1. The number of carbonyl (C=O) groups is 2. The van der Waals surface area contributed by atoms with E-state index in [0.717, 1.165) is 29.2 Å². The molecule has 8 nitrogen and oxygen atoms in total. The molecule has 1 atom stereocenters. The number of benzene rings is 2. The average molecular weight is 393 g/mol. The zero-order valence-corrected chi connectivity index (χ0v) is 16.1. The number of anilines is 4. The Bertz CT molecular complexity index is 961. The standard InChI is InChI=1S/C21H23N5O3/c1-2-18-23-15-9-5-6-10-16(15)26(18)11-19(28)29-12-17(27)20(22)21-24-13-7-3-4-8-14(13)25-21/h3-10,18,23-25H,2,11-12,22H2,1H3. The summed E-state index contributed by atoms with van der Waals surface area (Å²) >= 11 is 0. The predicted molar refractivity (Wildman–Crippen MR) is 112 cm³/mol. The Morgan fingerprint density at radius 1 is 1.03 bits per heavy atom. The first kappa shape index (κ1) is 18.7. The number of hydrogen-bond donors (Lipinski definition) is 4. The zero-order valence-electron chi connectivity index (χ0n) is 16.1. The molecule has 2 heterocycles. The van der Waals surface area contributed by atoms with Gasteiger partial charge in [0.05, 0.1) is 28.9 Å². The van der Waals surface area contributed by atoms with Crippen molar-refractivity contribution in [2.24, 2.45) is 5.73 Å². The van der Waals surface area contributed by atoms with Gasteiger partial charge >= 0.3 is 5.97 Å². The van der Waals surface area contributed by atoms with Crippen LogP contribution in [0.3, 0.4) is 0 Å². The normalized spacial score (nSPS) is 16.2. The van der Waals surface area contributed by atoms with Gasteiger partial charge in [-0.15, -0.1) is 0 Å². The molecule has 0 saturated carbocycles. The monoisotopic (exact) mass is 393 g/mol. The maximum Gasteiger partial charge on any atom is 0.326 e. The summed E-state index contributed by atoms with van der Waals surface area (Å²) in [5, 5.41) is 9.48. The Hall–Kier alpha value is -3.68. The number of carbonyl (C=O) groups excluding carboxylic acids is 2. The van der Waals surface area contributed by atoms with Crippen molar-refractivity contribution in [2.45, 2.75) is 19.5 Å². The Morgan fingerprint density at radius 3 is 2.31 bits per heavy atom. The third kappa shape index (κ3) is 3.69. The smallest absolute Gasteiger partial charge is 0.326 e. The van der Waals surface area contributed by atoms with E-state index in [-0.39, 0.29) is 18.4 Å². The molecule has 0 spiro atoms. The van der Waals surface area contributed by atoms with E-state index in [1.165, 1.54) is 0 Å². The van der Waals surface area contributed by atoms with E-state index >= 15 is 0 Å². The van der Waals surface area contributed by atoms with E-state index in [2.05, 4.69) is 16.0 Å². The van der Waals surface area contributed by atoms with Crippen LogP contribution in [0.2, 0.25) is 0 Å².